The van der Waals surface area contributed by atoms with Crippen LogP contribution in [-0.4, -0.2) is 19.0 Å². The molecule has 0 aliphatic carbocycles. The van der Waals surface area contributed by atoms with E-state index in [-0.39, 0.29) is 11.6 Å². The minimum absolute atomic E-state index is 0.209. The van der Waals surface area contributed by atoms with Gasteiger partial charge < -0.3 is 4.74 Å². The summed E-state index contributed by atoms with van der Waals surface area (Å²) < 4.78 is 18.1. The first-order valence-corrected chi connectivity index (χ1v) is 6.98. The van der Waals surface area contributed by atoms with Gasteiger partial charge in [0.1, 0.15) is 11.7 Å². The van der Waals surface area contributed by atoms with Crippen molar-refractivity contribution in [3.05, 3.63) is 35.6 Å². The molecule has 3 nitrogen and oxygen atoms in total. The second kappa shape index (κ2) is 7.16. The van der Waals surface area contributed by atoms with Gasteiger partial charge in [-0.2, -0.15) is 5.26 Å². The molecular formula is C16H18FNO2. The first-order chi connectivity index (χ1) is 9.70. The molecule has 0 saturated carbocycles. The zero-order chi connectivity index (χ0) is 14.4. The largest absolute Gasteiger partial charge is 0.381 e. The molecule has 0 N–H and O–H groups in total. The van der Waals surface area contributed by atoms with E-state index >= 15 is 0 Å². The van der Waals surface area contributed by atoms with Crippen molar-refractivity contribution >= 4 is 5.78 Å². The highest BCUT2D eigenvalue weighted by molar-refractivity contribution is 5.99. The summed E-state index contributed by atoms with van der Waals surface area (Å²) in [5.74, 6) is -0.680. The Balaban J connectivity index is 1.92. The number of hydrogen-bond donors (Lipinski definition) is 0. The molecule has 1 aromatic rings. The second-order valence-electron chi connectivity index (χ2n) is 5.19. The van der Waals surface area contributed by atoms with Gasteiger partial charge in [0.15, 0.2) is 5.78 Å². The zero-order valence-corrected chi connectivity index (χ0v) is 11.3. The molecule has 20 heavy (non-hydrogen) atoms. The summed E-state index contributed by atoms with van der Waals surface area (Å²) in [7, 11) is 0. The molecule has 1 atom stereocenters. The first-order valence-electron chi connectivity index (χ1n) is 6.98. The molecule has 1 aromatic carbocycles. The van der Waals surface area contributed by atoms with E-state index in [0.29, 0.717) is 17.9 Å². The van der Waals surface area contributed by atoms with Crippen molar-refractivity contribution in [3.63, 3.8) is 0 Å². The van der Waals surface area contributed by atoms with Crippen molar-refractivity contribution in [2.24, 2.45) is 11.8 Å². The SMILES string of the molecule is N#CC(CCC1CCOCC1)C(=O)c1ccc(F)cc1. The summed E-state index contributed by atoms with van der Waals surface area (Å²) in [6.45, 7) is 1.54. The van der Waals surface area contributed by atoms with Crippen LogP contribution in [0.3, 0.4) is 0 Å². The molecule has 4 heteroatoms. The van der Waals surface area contributed by atoms with Crippen molar-refractivity contribution in [2.75, 3.05) is 13.2 Å². The number of benzene rings is 1. The van der Waals surface area contributed by atoms with Crippen molar-refractivity contribution in [1.29, 1.82) is 5.26 Å². The van der Waals surface area contributed by atoms with Crippen LogP contribution in [0.2, 0.25) is 0 Å². The van der Waals surface area contributed by atoms with Crippen LogP contribution in [-0.2, 0) is 4.74 Å². The smallest absolute Gasteiger partial charge is 0.179 e. The normalized spacial score (nSPS) is 17.4. The second-order valence-corrected chi connectivity index (χ2v) is 5.19. The lowest BCUT2D eigenvalue weighted by Crippen LogP contribution is -2.19. The van der Waals surface area contributed by atoms with Gasteiger partial charge in [0.25, 0.3) is 0 Å². The van der Waals surface area contributed by atoms with Crippen LogP contribution < -0.4 is 0 Å². The number of nitrogens with zero attached hydrogens (tertiary/aromatic N) is 1. The third-order valence-corrected chi connectivity index (χ3v) is 3.81. The number of rotatable bonds is 5. The lowest BCUT2D eigenvalue weighted by molar-refractivity contribution is 0.0620. The topological polar surface area (TPSA) is 50.1 Å². The third kappa shape index (κ3) is 3.88. The summed E-state index contributed by atoms with van der Waals surface area (Å²) in [6, 6.07) is 7.46. The van der Waals surface area contributed by atoms with Gasteiger partial charge >= 0.3 is 0 Å². The molecule has 1 saturated heterocycles. The standard InChI is InChI=1S/C16H18FNO2/c17-15-5-3-13(4-6-15)16(19)14(11-18)2-1-12-7-9-20-10-8-12/h3-6,12,14H,1-2,7-10H2. The predicted octanol–water partition coefficient (Wildman–Crippen LogP) is 3.35. The van der Waals surface area contributed by atoms with Gasteiger partial charge in [0.05, 0.1) is 6.07 Å². The molecule has 1 aliphatic rings. The molecule has 0 spiro atoms. The average molecular weight is 275 g/mol. The van der Waals surface area contributed by atoms with Gasteiger partial charge in [0, 0.05) is 18.8 Å². The fourth-order valence-corrected chi connectivity index (χ4v) is 2.51. The Morgan fingerprint density at radius 1 is 1.35 bits per heavy atom. The molecule has 1 fully saturated rings. The fraction of sp³-hybridized carbons (Fsp3) is 0.500. The molecule has 0 aromatic heterocycles. The molecule has 0 amide bonds. The average Bonchev–Trinajstić information content (AvgIpc) is 2.49. The van der Waals surface area contributed by atoms with Crippen molar-refractivity contribution in [2.45, 2.75) is 25.7 Å². The van der Waals surface area contributed by atoms with E-state index in [4.69, 9.17) is 4.74 Å². The van der Waals surface area contributed by atoms with Gasteiger partial charge in [-0.25, -0.2) is 4.39 Å². The van der Waals surface area contributed by atoms with E-state index in [1.165, 1.54) is 24.3 Å². The number of nitriles is 1. The molecule has 1 unspecified atom stereocenters. The summed E-state index contributed by atoms with van der Waals surface area (Å²) in [4.78, 5) is 12.2. The Morgan fingerprint density at radius 2 is 2.00 bits per heavy atom. The van der Waals surface area contributed by atoms with Gasteiger partial charge in [0.2, 0.25) is 0 Å². The third-order valence-electron chi connectivity index (χ3n) is 3.81. The number of ether oxygens (including phenoxy) is 1. The molecular weight excluding hydrogens is 257 g/mol. The van der Waals surface area contributed by atoms with Crippen molar-refractivity contribution in [1.82, 2.24) is 0 Å². The minimum Gasteiger partial charge on any atom is -0.381 e. The van der Waals surface area contributed by atoms with Crippen LogP contribution in [0.15, 0.2) is 24.3 Å². The van der Waals surface area contributed by atoms with E-state index in [9.17, 15) is 14.4 Å². The Bertz CT molecular complexity index is 486. The Hall–Kier alpha value is -1.73. The van der Waals surface area contributed by atoms with Gasteiger partial charge in [-0.1, -0.05) is 0 Å². The van der Waals surface area contributed by atoms with Crippen LogP contribution >= 0.6 is 0 Å². The molecule has 106 valence electrons. The molecule has 0 radical (unpaired) electrons. The van der Waals surface area contributed by atoms with Crippen molar-refractivity contribution in [3.8, 4) is 6.07 Å². The fourth-order valence-electron chi connectivity index (χ4n) is 2.51. The van der Waals surface area contributed by atoms with Crippen LogP contribution in [0.1, 0.15) is 36.0 Å². The molecule has 1 heterocycles. The number of carbonyl (C=O) groups excluding carboxylic acids is 1. The summed E-state index contributed by atoms with van der Waals surface area (Å²) in [5.41, 5.74) is 0.407. The van der Waals surface area contributed by atoms with E-state index in [1.54, 1.807) is 0 Å². The lowest BCUT2D eigenvalue weighted by atomic mass is 9.88. The highest BCUT2D eigenvalue weighted by Crippen LogP contribution is 2.24. The van der Waals surface area contributed by atoms with Crippen LogP contribution in [0.25, 0.3) is 0 Å². The van der Waals surface area contributed by atoms with E-state index in [1.807, 2.05) is 0 Å². The first kappa shape index (κ1) is 14.7. The number of ketones is 1. The minimum atomic E-state index is -0.636. The summed E-state index contributed by atoms with van der Waals surface area (Å²) in [5, 5.41) is 9.17. The molecule has 1 aliphatic heterocycles. The Kier molecular flexibility index (Phi) is 5.25. The monoisotopic (exact) mass is 275 g/mol. The maximum absolute atomic E-state index is 12.8. The molecule has 2 rings (SSSR count). The maximum Gasteiger partial charge on any atom is 0.179 e. The Labute approximate surface area is 118 Å². The van der Waals surface area contributed by atoms with Crippen LogP contribution in [0, 0.1) is 29.0 Å². The van der Waals surface area contributed by atoms with Crippen molar-refractivity contribution < 1.29 is 13.9 Å². The highest BCUT2D eigenvalue weighted by atomic mass is 19.1. The van der Waals surface area contributed by atoms with E-state index in [0.717, 1.165) is 32.5 Å². The maximum atomic E-state index is 12.8. The highest BCUT2D eigenvalue weighted by Gasteiger charge is 2.22. The van der Waals surface area contributed by atoms with Crippen LogP contribution in [0.5, 0.6) is 0 Å². The number of carbonyl (C=O) groups is 1. The lowest BCUT2D eigenvalue weighted by Gasteiger charge is -2.22. The number of hydrogen-bond acceptors (Lipinski definition) is 3. The summed E-state index contributed by atoms with van der Waals surface area (Å²) in [6.07, 6.45) is 3.44. The molecule has 0 bridgehead atoms. The van der Waals surface area contributed by atoms with E-state index in [2.05, 4.69) is 6.07 Å². The van der Waals surface area contributed by atoms with E-state index < -0.39 is 5.92 Å². The zero-order valence-electron chi connectivity index (χ0n) is 11.3. The van der Waals surface area contributed by atoms with Gasteiger partial charge in [-0.3, -0.25) is 4.79 Å². The quantitative estimate of drug-likeness (QED) is 0.774. The number of Topliss-reactive ketones (excluding diaryl/α,β-unsaturated/α-hetero) is 1. The summed E-state index contributed by atoms with van der Waals surface area (Å²) >= 11 is 0. The van der Waals surface area contributed by atoms with Crippen LogP contribution in [0.4, 0.5) is 4.39 Å². The number of halogens is 1. The predicted molar refractivity (Wildman–Crippen MR) is 72.6 cm³/mol. The van der Waals surface area contributed by atoms with Gasteiger partial charge in [-0.15, -0.1) is 0 Å². The van der Waals surface area contributed by atoms with Gasteiger partial charge in [-0.05, 0) is 55.9 Å². The Morgan fingerprint density at radius 3 is 2.60 bits per heavy atom.